The van der Waals surface area contributed by atoms with Crippen molar-refractivity contribution in [3.05, 3.63) is 51.8 Å². The van der Waals surface area contributed by atoms with Crippen LogP contribution >= 0.6 is 0 Å². The molecule has 1 heterocycles. The van der Waals surface area contributed by atoms with Gasteiger partial charge in [0.25, 0.3) is 5.69 Å². The van der Waals surface area contributed by atoms with E-state index in [0.717, 1.165) is 0 Å². The monoisotopic (exact) mass is 262 g/mol. The zero-order chi connectivity index (χ0) is 14.0. The average Bonchev–Trinajstić information content (AvgIpc) is 2.32. The number of nitrogen functional groups attached to an aromatic ring is 1. The van der Waals surface area contributed by atoms with Crippen molar-refractivity contribution in [1.82, 2.24) is 4.98 Å². The first-order valence-electron chi connectivity index (χ1n) is 5.41. The van der Waals surface area contributed by atoms with Gasteiger partial charge in [-0.05, 0) is 30.7 Å². The Balaban J connectivity index is 2.35. The van der Waals surface area contributed by atoms with Crippen molar-refractivity contribution in [2.75, 3.05) is 11.1 Å². The fourth-order valence-electron chi connectivity index (χ4n) is 1.61. The van der Waals surface area contributed by atoms with E-state index in [0.29, 0.717) is 11.3 Å². The number of anilines is 3. The number of hydrogen-bond donors (Lipinski definition) is 2. The van der Waals surface area contributed by atoms with Crippen molar-refractivity contribution < 1.29 is 9.31 Å². The van der Waals surface area contributed by atoms with Crippen molar-refractivity contribution in [2.24, 2.45) is 0 Å². The number of nitrogens with zero attached hydrogens (tertiary/aromatic N) is 2. The van der Waals surface area contributed by atoms with E-state index in [-0.39, 0.29) is 23.1 Å². The van der Waals surface area contributed by atoms with Crippen LogP contribution in [0.1, 0.15) is 5.56 Å². The number of aryl methyl sites for hydroxylation is 1. The predicted octanol–water partition coefficient (Wildman–Crippen LogP) is 2.76. The summed E-state index contributed by atoms with van der Waals surface area (Å²) in [6, 6.07) is 6.60. The van der Waals surface area contributed by atoms with E-state index in [1.807, 2.05) is 0 Å². The Morgan fingerprint density at radius 3 is 2.74 bits per heavy atom. The van der Waals surface area contributed by atoms with E-state index < -0.39 is 4.92 Å². The molecule has 0 bridgehead atoms. The minimum absolute atomic E-state index is 0.0384. The van der Waals surface area contributed by atoms with Crippen LogP contribution in [0.4, 0.5) is 27.4 Å². The van der Waals surface area contributed by atoms with Gasteiger partial charge in [0.1, 0.15) is 17.5 Å². The van der Waals surface area contributed by atoms with Gasteiger partial charge in [-0.2, -0.15) is 0 Å². The zero-order valence-electron chi connectivity index (χ0n) is 10.1. The molecule has 0 saturated heterocycles. The first-order chi connectivity index (χ1) is 8.95. The smallest absolute Gasteiger partial charge is 0.276 e. The molecule has 0 fully saturated rings. The molecule has 0 aliphatic rings. The first-order valence-corrected chi connectivity index (χ1v) is 5.41. The van der Waals surface area contributed by atoms with E-state index in [1.165, 1.54) is 30.3 Å². The summed E-state index contributed by atoms with van der Waals surface area (Å²) in [5, 5.41) is 13.6. The maximum absolute atomic E-state index is 13.0. The molecule has 0 atom stereocenters. The zero-order valence-corrected chi connectivity index (χ0v) is 10.1. The summed E-state index contributed by atoms with van der Waals surface area (Å²) >= 11 is 0. The van der Waals surface area contributed by atoms with Gasteiger partial charge in [-0.15, -0.1) is 0 Å². The van der Waals surface area contributed by atoms with Crippen LogP contribution in [0.25, 0.3) is 0 Å². The van der Waals surface area contributed by atoms with Crippen LogP contribution in [0, 0.1) is 22.9 Å². The Hall–Kier alpha value is -2.70. The summed E-state index contributed by atoms with van der Waals surface area (Å²) in [7, 11) is 0. The van der Waals surface area contributed by atoms with Crippen LogP contribution in [-0.4, -0.2) is 9.91 Å². The van der Waals surface area contributed by atoms with Gasteiger partial charge < -0.3 is 11.1 Å². The van der Waals surface area contributed by atoms with Crippen LogP contribution < -0.4 is 11.1 Å². The van der Waals surface area contributed by atoms with Gasteiger partial charge in [-0.25, -0.2) is 9.37 Å². The number of benzene rings is 1. The van der Waals surface area contributed by atoms with Crippen molar-refractivity contribution in [3.63, 3.8) is 0 Å². The molecule has 6 nitrogen and oxygen atoms in total. The summed E-state index contributed by atoms with van der Waals surface area (Å²) in [5.74, 6) is -0.0764. The third-order valence-corrected chi connectivity index (χ3v) is 2.49. The normalized spacial score (nSPS) is 10.2. The molecule has 0 aliphatic carbocycles. The van der Waals surface area contributed by atoms with E-state index in [4.69, 9.17) is 5.73 Å². The van der Waals surface area contributed by atoms with Crippen LogP contribution in [0.5, 0.6) is 0 Å². The summed E-state index contributed by atoms with van der Waals surface area (Å²) in [6.45, 7) is 1.71. The number of nitrogens with one attached hydrogen (secondary N) is 1. The van der Waals surface area contributed by atoms with Gasteiger partial charge in [0.05, 0.1) is 17.1 Å². The largest absolute Gasteiger partial charge is 0.383 e. The quantitative estimate of drug-likeness (QED) is 0.655. The molecule has 2 rings (SSSR count). The highest BCUT2D eigenvalue weighted by atomic mass is 19.1. The third kappa shape index (κ3) is 2.95. The molecule has 98 valence electrons. The lowest BCUT2D eigenvalue weighted by Crippen LogP contribution is -2.01. The number of rotatable bonds is 3. The minimum Gasteiger partial charge on any atom is -0.383 e. The number of nitrogens with two attached hydrogens (primary N) is 1. The summed E-state index contributed by atoms with van der Waals surface area (Å²) in [5.41, 5.74) is 6.60. The number of aromatic nitrogens is 1. The molecular formula is C12H11FN4O2. The van der Waals surface area contributed by atoms with Crippen LogP contribution in [0.3, 0.4) is 0 Å². The number of nitro groups is 1. The fourth-order valence-corrected chi connectivity index (χ4v) is 1.61. The fraction of sp³-hybridized carbons (Fsp3) is 0.0833. The molecular weight excluding hydrogens is 251 g/mol. The topological polar surface area (TPSA) is 94.1 Å². The van der Waals surface area contributed by atoms with E-state index in [9.17, 15) is 14.5 Å². The molecule has 19 heavy (non-hydrogen) atoms. The highest BCUT2D eigenvalue weighted by Gasteiger charge is 2.10. The average molecular weight is 262 g/mol. The second kappa shape index (κ2) is 4.89. The number of halogens is 1. The van der Waals surface area contributed by atoms with Crippen molar-refractivity contribution in [2.45, 2.75) is 6.92 Å². The third-order valence-electron chi connectivity index (χ3n) is 2.49. The second-order valence-electron chi connectivity index (χ2n) is 3.98. The van der Waals surface area contributed by atoms with Crippen LogP contribution in [-0.2, 0) is 0 Å². The molecule has 0 amide bonds. The maximum atomic E-state index is 13.0. The lowest BCUT2D eigenvalue weighted by Gasteiger charge is -2.09. The van der Waals surface area contributed by atoms with E-state index in [1.54, 1.807) is 6.92 Å². The molecule has 7 heteroatoms. The highest BCUT2D eigenvalue weighted by molar-refractivity contribution is 5.63. The molecule has 0 spiro atoms. The van der Waals surface area contributed by atoms with Gasteiger partial charge in [-0.3, -0.25) is 10.1 Å². The predicted molar refractivity (Wildman–Crippen MR) is 69.7 cm³/mol. The molecule has 2 aromatic rings. The molecule has 0 saturated carbocycles. The maximum Gasteiger partial charge on any atom is 0.276 e. The van der Waals surface area contributed by atoms with Gasteiger partial charge in [0.2, 0.25) is 0 Å². The number of hydrogen-bond acceptors (Lipinski definition) is 5. The summed E-state index contributed by atoms with van der Waals surface area (Å²) in [6.07, 6.45) is 0. The molecule has 0 radical (unpaired) electrons. The lowest BCUT2D eigenvalue weighted by molar-refractivity contribution is -0.384. The highest BCUT2D eigenvalue weighted by Crippen LogP contribution is 2.24. The SMILES string of the molecule is Cc1cc(F)ccc1Nc1cc([N+](=O)[O-])cc(N)n1. The molecule has 1 aromatic heterocycles. The van der Waals surface area contributed by atoms with Gasteiger partial charge >= 0.3 is 0 Å². The van der Waals surface area contributed by atoms with E-state index >= 15 is 0 Å². The first kappa shape index (κ1) is 12.7. The minimum atomic E-state index is -0.555. The molecule has 0 aliphatic heterocycles. The summed E-state index contributed by atoms with van der Waals surface area (Å²) < 4.78 is 13.0. The van der Waals surface area contributed by atoms with Gasteiger partial charge in [0.15, 0.2) is 0 Å². The Kier molecular flexibility index (Phi) is 3.28. The standard InChI is InChI=1S/C12H11FN4O2/c1-7-4-8(13)2-3-10(7)15-12-6-9(17(18)19)5-11(14)16-12/h2-6H,1H3,(H3,14,15,16). The van der Waals surface area contributed by atoms with Crippen molar-refractivity contribution in [1.29, 1.82) is 0 Å². The van der Waals surface area contributed by atoms with Gasteiger partial charge in [-0.1, -0.05) is 0 Å². The van der Waals surface area contributed by atoms with Crippen LogP contribution in [0.15, 0.2) is 30.3 Å². The Morgan fingerprint density at radius 1 is 1.37 bits per heavy atom. The Bertz CT molecular complexity index is 646. The molecule has 0 unspecified atom stereocenters. The van der Waals surface area contributed by atoms with Crippen molar-refractivity contribution in [3.8, 4) is 0 Å². The van der Waals surface area contributed by atoms with Crippen molar-refractivity contribution >= 4 is 23.0 Å². The Labute approximate surface area is 108 Å². The molecule has 1 aromatic carbocycles. The molecule has 3 N–H and O–H groups in total. The number of pyridine rings is 1. The second-order valence-corrected chi connectivity index (χ2v) is 3.98. The summed E-state index contributed by atoms with van der Waals surface area (Å²) in [4.78, 5) is 14.1. The lowest BCUT2D eigenvalue weighted by atomic mass is 10.2. The van der Waals surface area contributed by atoms with Crippen LogP contribution in [0.2, 0.25) is 0 Å². The Morgan fingerprint density at radius 2 is 2.11 bits per heavy atom. The van der Waals surface area contributed by atoms with E-state index in [2.05, 4.69) is 10.3 Å². The van der Waals surface area contributed by atoms with Gasteiger partial charge in [0, 0.05) is 5.69 Å².